The number of ether oxygens (including phenoxy) is 1. The summed E-state index contributed by atoms with van der Waals surface area (Å²) in [6.07, 6.45) is 0. The fraction of sp³-hybridized carbons (Fsp3) is 0.188. The Bertz CT molecular complexity index is 841. The van der Waals surface area contributed by atoms with Gasteiger partial charge in [-0.25, -0.2) is 9.78 Å². The lowest BCUT2D eigenvalue weighted by molar-refractivity contribution is -0.122. The Hall–Kier alpha value is -2.56. The summed E-state index contributed by atoms with van der Waals surface area (Å²) in [5.41, 5.74) is 0.755. The number of hydrogen-bond donors (Lipinski definition) is 1. The summed E-state index contributed by atoms with van der Waals surface area (Å²) in [6.45, 7) is 0.780. The molecule has 1 atom stereocenters. The van der Waals surface area contributed by atoms with E-state index in [1.165, 1.54) is 23.6 Å². The standard InChI is InChI=1S/C16H12ClN3O3S/c1-9(19)12(6-18)14(21)7-23-16(22)13-8-24-15(20-13)10-3-2-4-11(17)5-10/h2-5,8,12,19H,7H2,1H3. The van der Waals surface area contributed by atoms with E-state index in [9.17, 15) is 9.59 Å². The van der Waals surface area contributed by atoms with Crippen LogP contribution in [0.2, 0.25) is 5.02 Å². The minimum Gasteiger partial charge on any atom is -0.453 e. The summed E-state index contributed by atoms with van der Waals surface area (Å²) in [5, 5.41) is 18.8. The number of halogens is 1. The van der Waals surface area contributed by atoms with Crippen LogP contribution in [0.5, 0.6) is 0 Å². The number of nitriles is 1. The predicted octanol–water partition coefficient (Wildman–Crippen LogP) is 3.37. The third-order valence-corrected chi connectivity index (χ3v) is 4.14. The maximum Gasteiger partial charge on any atom is 0.358 e. The zero-order chi connectivity index (χ0) is 17.7. The lowest BCUT2D eigenvalue weighted by Gasteiger charge is -2.06. The van der Waals surface area contributed by atoms with Gasteiger partial charge in [0.2, 0.25) is 0 Å². The highest BCUT2D eigenvalue weighted by atomic mass is 35.5. The first-order valence-electron chi connectivity index (χ1n) is 6.78. The molecule has 2 aromatic rings. The molecule has 1 aromatic heterocycles. The Morgan fingerprint density at radius 2 is 2.25 bits per heavy atom. The molecule has 0 aliphatic carbocycles. The van der Waals surface area contributed by atoms with E-state index < -0.39 is 24.3 Å². The van der Waals surface area contributed by atoms with Gasteiger partial charge in [-0.05, 0) is 19.1 Å². The van der Waals surface area contributed by atoms with Crippen molar-refractivity contribution >= 4 is 40.4 Å². The van der Waals surface area contributed by atoms with Crippen molar-refractivity contribution in [1.29, 1.82) is 10.7 Å². The van der Waals surface area contributed by atoms with Gasteiger partial charge < -0.3 is 10.1 Å². The Kier molecular flexibility index (Phi) is 5.79. The van der Waals surface area contributed by atoms with E-state index in [4.69, 9.17) is 27.0 Å². The number of aromatic nitrogens is 1. The second-order valence-corrected chi connectivity index (χ2v) is 6.13. The Labute approximate surface area is 147 Å². The van der Waals surface area contributed by atoms with Crippen LogP contribution in [-0.4, -0.2) is 29.1 Å². The molecule has 1 aromatic carbocycles. The number of rotatable bonds is 6. The van der Waals surface area contributed by atoms with E-state index in [1.54, 1.807) is 24.3 Å². The molecule has 0 aliphatic heterocycles. The number of carbonyl (C=O) groups is 2. The molecule has 0 amide bonds. The van der Waals surface area contributed by atoms with Gasteiger partial charge in [-0.3, -0.25) is 4.79 Å². The van der Waals surface area contributed by atoms with E-state index in [0.717, 1.165) is 5.56 Å². The van der Waals surface area contributed by atoms with Crippen LogP contribution in [0.1, 0.15) is 17.4 Å². The van der Waals surface area contributed by atoms with Crippen LogP contribution < -0.4 is 0 Å². The number of thiazole rings is 1. The first kappa shape index (κ1) is 17.8. The third kappa shape index (κ3) is 4.25. The maximum absolute atomic E-state index is 11.9. The number of nitrogens with one attached hydrogen (secondary N) is 1. The van der Waals surface area contributed by atoms with Crippen molar-refractivity contribution < 1.29 is 14.3 Å². The van der Waals surface area contributed by atoms with E-state index in [1.807, 2.05) is 6.07 Å². The molecule has 1 unspecified atom stereocenters. The minimum absolute atomic E-state index is 0.0721. The van der Waals surface area contributed by atoms with E-state index >= 15 is 0 Å². The molecular formula is C16H12ClN3O3S. The lowest BCUT2D eigenvalue weighted by atomic mass is 10.0. The van der Waals surface area contributed by atoms with Crippen LogP contribution >= 0.6 is 22.9 Å². The van der Waals surface area contributed by atoms with Gasteiger partial charge >= 0.3 is 5.97 Å². The summed E-state index contributed by atoms with van der Waals surface area (Å²) in [5.74, 6) is -2.59. The molecule has 0 saturated heterocycles. The predicted molar refractivity (Wildman–Crippen MR) is 90.4 cm³/mol. The van der Waals surface area contributed by atoms with Crippen molar-refractivity contribution in [2.45, 2.75) is 6.92 Å². The van der Waals surface area contributed by atoms with Gasteiger partial charge in [-0.1, -0.05) is 23.7 Å². The van der Waals surface area contributed by atoms with Crippen molar-refractivity contribution in [2.24, 2.45) is 5.92 Å². The quantitative estimate of drug-likeness (QED) is 0.627. The van der Waals surface area contributed by atoms with Crippen molar-refractivity contribution in [3.05, 3.63) is 40.4 Å². The normalized spacial score (nSPS) is 11.4. The Morgan fingerprint density at radius 3 is 2.88 bits per heavy atom. The van der Waals surface area contributed by atoms with E-state index in [-0.39, 0.29) is 11.4 Å². The highest BCUT2D eigenvalue weighted by Crippen LogP contribution is 2.26. The van der Waals surface area contributed by atoms with Crippen molar-refractivity contribution in [3.8, 4) is 16.6 Å². The number of esters is 1. The van der Waals surface area contributed by atoms with Gasteiger partial charge in [0.25, 0.3) is 0 Å². The van der Waals surface area contributed by atoms with Crippen LogP contribution in [0.4, 0.5) is 0 Å². The third-order valence-electron chi connectivity index (χ3n) is 3.01. The van der Waals surface area contributed by atoms with Gasteiger partial charge in [0.15, 0.2) is 18.1 Å². The van der Waals surface area contributed by atoms with Crippen molar-refractivity contribution in [2.75, 3.05) is 6.61 Å². The Morgan fingerprint density at radius 1 is 1.50 bits per heavy atom. The topological polar surface area (TPSA) is 104 Å². The molecule has 8 heteroatoms. The highest BCUT2D eigenvalue weighted by Gasteiger charge is 2.22. The van der Waals surface area contributed by atoms with E-state index in [0.29, 0.717) is 10.0 Å². The molecule has 1 heterocycles. The van der Waals surface area contributed by atoms with Crippen molar-refractivity contribution in [3.63, 3.8) is 0 Å². The Balaban J connectivity index is 2.03. The van der Waals surface area contributed by atoms with Crippen molar-refractivity contribution in [1.82, 2.24) is 4.98 Å². The second-order valence-electron chi connectivity index (χ2n) is 4.84. The summed E-state index contributed by atoms with van der Waals surface area (Å²) in [4.78, 5) is 27.9. The number of carbonyl (C=O) groups excluding carboxylic acids is 2. The average molecular weight is 362 g/mol. The van der Waals surface area contributed by atoms with Gasteiger partial charge in [-0.2, -0.15) is 5.26 Å². The molecule has 2 rings (SSSR count). The van der Waals surface area contributed by atoms with Crippen LogP contribution in [0.25, 0.3) is 10.6 Å². The monoisotopic (exact) mass is 361 g/mol. The SMILES string of the molecule is CC(=N)C(C#N)C(=O)COC(=O)c1csc(-c2cccc(Cl)c2)n1. The number of benzene rings is 1. The molecule has 6 nitrogen and oxygen atoms in total. The number of hydrogen-bond acceptors (Lipinski definition) is 7. The second kappa shape index (κ2) is 7.81. The summed E-state index contributed by atoms with van der Waals surface area (Å²) < 4.78 is 4.88. The largest absolute Gasteiger partial charge is 0.453 e. The summed E-state index contributed by atoms with van der Waals surface area (Å²) >= 11 is 7.17. The van der Waals surface area contributed by atoms with Gasteiger partial charge in [0.05, 0.1) is 6.07 Å². The fourth-order valence-corrected chi connectivity index (χ4v) is 2.80. The van der Waals surface area contributed by atoms with Crippen LogP contribution in [0.15, 0.2) is 29.6 Å². The molecule has 24 heavy (non-hydrogen) atoms. The fourth-order valence-electron chi connectivity index (χ4n) is 1.83. The average Bonchev–Trinajstić information content (AvgIpc) is 3.03. The van der Waals surface area contributed by atoms with Crippen LogP contribution in [0, 0.1) is 22.7 Å². The molecule has 0 fully saturated rings. The first-order chi connectivity index (χ1) is 11.4. The van der Waals surface area contributed by atoms with Gasteiger partial charge in [0, 0.05) is 21.7 Å². The summed E-state index contributed by atoms with van der Waals surface area (Å²) in [6, 6.07) is 8.75. The lowest BCUT2D eigenvalue weighted by Crippen LogP contribution is -2.25. The number of nitrogens with zero attached hydrogens (tertiary/aromatic N) is 2. The smallest absolute Gasteiger partial charge is 0.358 e. The zero-order valence-electron chi connectivity index (χ0n) is 12.6. The van der Waals surface area contributed by atoms with Crippen LogP contribution in [-0.2, 0) is 9.53 Å². The maximum atomic E-state index is 11.9. The van der Waals surface area contributed by atoms with Gasteiger partial charge in [0.1, 0.15) is 10.9 Å². The van der Waals surface area contributed by atoms with Gasteiger partial charge in [-0.15, -0.1) is 11.3 Å². The summed E-state index contributed by atoms with van der Waals surface area (Å²) in [7, 11) is 0. The first-order valence-corrected chi connectivity index (χ1v) is 8.04. The molecule has 0 spiro atoms. The number of Topliss-reactive ketones (excluding diaryl/α,β-unsaturated/α-hetero) is 1. The molecule has 0 aliphatic rings. The molecular weight excluding hydrogens is 350 g/mol. The van der Waals surface area contributed by atoms with E-state index in [2.05, 4.69) is 4.98 Å². The van der Waals surface area contributed by atoms with Crippen LogP contribution in [0.3, 0.4) is 0 Å². The highest BCUT2D eigenvalue weighted by molar-refractivity contribution is 7.13. The molecule has 0 bridgehead atoms. The zero-order valence-corrected chi connectivity index (χ0v) is 14.1. The molecule has 1 N–H and O–H groups in total. The molecule has 122 valence electrons. The molecule has 0 saturated carbocycles. The molecule has 0 radical (unpaired) electrons. The number of ketones is 1. The minimum atomic E-state index is -1.20.